The second kappa shape index (κ2) is 5.57. The number of aromatic nitrogens is 1. The first-order chi connectivity index (χ1) is 10.1. The van der Waals surface area contributed by atoms with E-state index in [1.165, 1.54) is 11.3 Å². The number of benzene rings is 1. The fraction of sp³-hybridized carbons (Fsp3) is 0.500. The molecule has 6 nitrogen and oxygen atoms in total. The number of fused-ring (bicyclic) bond motifs is 1. The molecule has 7 heteroatoms. The van der Waals surface area contributed by atoms with Gasteiger partial charge in [-0.15, -0.1) is 11.3 Å². The van der Waals surface area contributed by atoms with E-state index in [0.29, 0.717) is 17.1 Å². The molecule has 1 fully saturated rings. The van der Waals surface area contributed by atoms with E-state index in [0.717, 1.165) is 30.6 Å². The Morgan fingerprint density at radius 2 is 2.38 bits per heavy atom. The molecule has 21 heavy (non-hydrogen) atoms. The summed E-state index contributed by atoms with van der Waals surface area (Å²) < 4.78 is 0.853. The number of rotatable bonds is 3. The number of nitrogens with zero attached hydrogens (tertiary/aromatic N) is 3. The molecule has 2 aromatic rings. The summed E-state index contributed by atoms with van der Waals surface area (Å²) in [5.41, 5.74) is 8.95. The number of hydrogen-bond acceptors (Lipinski definition) is 6. The third-order valence-electron chi connectivity index (χ3n) is 4.18. The fourth-order valence-corrected chi connectivity index (χ4v) is 3.68. The van der Waals surface area contributed by atoms with Gasteiger partial charge in [0, 0.05) is 19.1 Å². The predicted molar refractivity (Wildman–Crippen MR) is 84.9 cm³/mol. The normalized spacial score (nSPS) is 20.7. The van der Waals surface area contributed by atoms with Crippen molar-refractivity contribution in [2.24, 2.45) is 11.7 Å². The minimum absolute atomic E-state index is 0.106. The van der Waals surface area contributed by atoms with Crippen molar-refractivity contribution < 1.29 is 4.92 Å². The fourth-order valence-electron chi connectivity index (χ4n) is 3.00. The van der Waals surface area contributed by atoms with Crippen LogP contribution in [-0.2, 0) is 0 Å². The maximum atomic E-state index is 11.5. The molecule has 2 N–H and O–H groups in total. The molecule has 112 valence electrons. The maximum absolute atomic E-state index is 11.5. The van der Waals surface area contributed by atoms with Crippen molar-refractivity contribution in [2.45, 2.75) is 25.8 Å². The van der Waals surface area contributed by atoms with Gasteiger partial charge in [-0.3, -0.25) is 10.1 Å². The van der Waals surface area contributed by atoms with Crippen LogP contribution in [0, 0.1) is 16.0 Å². The zero-order valence-electron chi connectivity index (χ0n) is 11.9. The minimum Gasteiger partial charge on any atom is -0.366 e. The van der Waals surface area contributed by atoms with E-state index in [1.54, 1.807) is 5.51 Å². The minimum atomic E-state index is -0.313. The summed E-state index contributed by atoms with van der Waals surface area (Å²) in [6.45, 7) is 3.61. The molecular formula is C14H18N4O2S. The monoisotopic (exact) mass is 306 g/mol. The lowest BCUT2D eigenvalue weighted by atomic mass is 9.92. The van der Waals surface area contributed by atoms with E-state index in [1.807, 2.05) is 19.1 Å². The van der Waals surface area contributed by atoms with E-state index in [9.17, 15) is 10.1 Å². The number of nitro benzene ring substituents is 1. The smallest absolute Gasteiger partial charge is 0.319 e. The summed E-state index contributed by atoms with van der Waals surface area (Å²) >= 11 is 1.43. The standard InChI is InChI=1S/C14H18N4O2S/c1-9(15)10-3-2-6-17(7-10)11-4-5-12-13(16-8-21-12)14(11)18(19)20/h4-5,8-10H,2-3,6-7,15H2,1H3. The lowest BCUT2D eigenvalue weighted by molar-refractivity contribution is -0.382. The van der Waals surface area contributed by atoms with Gasteiger partial charge in [-0.1, -0.05) is 0 Å². The first-order valence-corrected chi connectivity index (χ1v) is 7.97. The summed E-state index contributed by atoms with van der Waals surface area (Å²) in [7, 11) is 0. The van der Waals surface area contributed by atoms with Gasteiger partial charge < -0.3 is 10.6 Å². The second-order valence-electron chi connectivity index (χ2n) is 5.60. The van der Waals surface area contributed by atoms with Crippen molar-refractivity contribution in [1.29, 1.82) is 0 Å². The van der Waals surface area contributed by atoms with E-state index < -0.39 is 0 Å². The molecule has 1 aromatic carbocycles. The van der Waals surface area contributed by atoms with Crippen LogP contribution in [0.15, 0.2) is 17.6 Å². The molecule has 1 aliphatic heterocycles. The first kappa shape index (κ1) is 14.2. The summed E-state index contributed by atoms with van der Waals surface area (Å²) in [5, 5.41) is 11.5. The van der Waals surface area contributed by atoms with Crippen LogP contribution >= 0.6 is 11.3 Å². The van der Waals surface area contributed by atoms with Gasteiger partial charge in [0.1, 0.15) is 5.69 Å². The van der Waals surface area contributed by atoms with Crippen LogP contribution in [0.2, 0.25) is 0 Å². The Morgan fingerprint density at radius 1 is 1.57 bits per heavy atom. The average Bonchev–Trinajstić information content (AvgIpc) is 2.94. The summed E-state index contributed by atoms with van der Waals surface area (Å²) in [6.07, 6.45) is 2.10. The number of piperidine rings is 1. The summed E-state index contributed by atoms with van der Waals surface area (Å²) in [5.74, 6) is 0.379. The molecule has 0 radical (unpaired) electrons. The van der Waals surface area contributed by atoms with Crippen LogP contribution in [0.5, 0.6) is 0 Å². The summed E-state index contributed by atoms with van der Waals surface area (Å²) in [6, 6.07) is 3.88. The molecule has 0 amide bonds. The topological polar surface area (TPSA) is 85.3 Å². The van der Waals surface area contributed by atoms with Gasteiger partial charge in [-0.25, -0.2) is 4.98 Å². The van der Waals surface area contributed by atoms with Crippen molar-refractivity contribution in [2.75, 3.05) is 18.0 Å². The molecule has 2 heterocycles. The number of anilines is 1. The second-order valence-corrected chi connectivity index (χ2v) is 6.48. The van der Waals surface area contributed by atoms with E-state index in [4.69, 9.17) is 5.73 Å². The molecule has 3 rings (SSSR count). The van der Waals surface area contributed by atoms with Crippen molar-refractivity contribution >= 4 is 32.9 Å². The Balaban J connectivity index is 2.03. The zero-order chi connectivity index (χ0) is 15.0. The molecule has 2 atom stereocenters. The zero-order valence-corrected chi connectivity index (χ0v) is 12.7. The number of nitro groups is 1. The van der Waals surface area contributed by atoms with E-state index >= 15 is 0 Å². The predicted octanol–water partition coefficient (Wildman–Crippen LogP) is 2.77. The van der Waals surface area contributed by atoms with Crippen LogP contribution in [0.4, 0.5) is 11.4 Å². The lowest BCUT2D eigenvalue weighted by Gasteiger charge is -2.35. The maximum Gasteiger partial charge on any atom is 0.319 e. The molecule has 1 saturated heterocycles. The van der Waals surface area contributed by atoms with Crippen molar-refractivity contribution in [3.63, 3.8) is 0 Å². The highest BCUT2D eigenvalue weighted by atomic mass is 32.1. The van der Waals surface area contributed by atoms with Crippen molar-refractivity contribution in [3.8, 4) is 0 Å². The quantitative estimate of drug-likeness (QED) is 0.696. The molecule has 0 spiro atoms. The SMILES string of the molecule is CC(N)C1CCCN(c2ccc3scnc3c2[N+](=O)[O-])C1. The van der Waals surface area contributed by atoms with Gasteiger partial charge >= 0.3 is 5.69 Å². The number of nitrogens with two attached hydrogens (primary N) is 1. The Morgan fingerprint density at radius 3 is 3.10 bits per heavy atom. The van der Waals surface area contributed by atoms with Crippen molar-refractivity contribution in [1.82, 2.24) is 4.98 Å². The molecule has 0 aliphatic carbocycles. The van der Waals surface area contributed by atoms with E-state index in [-0.39, 0.29) is 16.7 Å². The highest BCUT2D eigenvalue weighted by molar-refractivity contribution is 7.16. The van der Waals surface area contributed by atoms with Gasteiger partial charge in [0.15, 0.2) is 5.52 Å². The molecule has 0 saturated carbocycles. The van der Waals surface area contributed by atoms with Crippen LogP contribution in [0.25, 0.3) is 10.2 Å². The molecule has 1 aromatic heterocycles. The Labute approximate surface area is 126 Å². The highest BCUT2D eigenvalue weighted by Crippen LogP contribution is 2.38. The van der Waals surface area contributed by atoms with Crippen molar-refractivity contribution in [3.05, 3.63) is 27.8 Å². The third-order valence-corrected chi connectivity index (χ3v) is 4.97. The summed E-state index contributed by atoms with van der Waals surface area (Å²) in [4.78, 5) is 17.5. The van der Waals surface area contributed by atoms with E-state index in [2.05, 4.69) is 9.88 Å². The lowest BCUT2D eigenvalue weighted by Crippen LogP contribution is -2.42. The average molecular weight is 306 g/mol. The van der Waals surface area contributed by atoms with Crippen LogP contribution in [-0.4, -0.2) is 29.0 Å². The highest BCUT2D eigenvalue weighted by Gasteiger charge is 2.29. The number of thiazole rings is 1. The van der Waals surface area contributed by atoms with Gasteiger partial charge in [-0.2, -0.15) is 0 Å². The van der Waals surface area contributed by atoms with Gasteiger partial charge in [-0.05, 0) is 37.8 Å². The Bertz CT molecular complexity index is 670. The Kier molecular flexibility index (Phi) is 3.77. The van der Waals surface area contributed by atoms with Gasteiger partial charge in [0.25, 0.3) is 0 Å². The number of hydrogen-bond donors (Lipinski definition) is 1. The largest absolute Gasteiger partial charge is 0.366 e. The van der Waals surface area contributed by atoms with Gasteiger partial charge in [0.05, 0.1) is 15.1 Å². The molecule has 0 bridgehead atoms. The van der Waals surface area contributed by atoms with Crippen LogP contribution in [0.1, 0.15) is 19.8 Å². The van der Waals surface area contributed by atoms with Crippen LogP contribution in [0.3, 0.4) is 0 Å². The first-order valence-electron chi connectivity index (χ1n) is 7.09. The molecule has 2 unspecified atom stereocenters. The van der Waals surface area contributed by atoms with Gasteiger partial charge in [0.2, 0.25) is 0 Å². The molecule has 1 aliphatic rings. The third kappa shape index (κ3) is 2.58. The van der Waals surface area contributed by atoms with Crippen LogP contribution < -0.4 is 10.6 Å². The Hall–Kier alpha value is -1.73. The molecular weight excluding hydrogens is 288 g/mol.